The maximum atomic E-state index is 12.7. The lowest BCUT2D eigenvalue weighted by Gasteiger charge is -2.43. The molecular weight excluding hydrogens is 310 g/mol. The molecule has 24 heavy (non-hydrogen) atoms. The summed E-state index contributed by atoms with van der Waals surface area (Å²) in [4.78, 5) is 28.0. The lowest BCUT2D eigenvalue weighted by atomic mass is 9.74. The molecule has 1 aromatic heterocycles. The summed E-state index contributed by atoms with van der Waals surface area (Å²) in [7, 11) is 0. The standard InChI is InChI=1S/C17H25N3O4/c1-11-15(12(2)24-18-11)6-16(23)19-5-4-14-7-20(13(3)22)9-17(14,8-19)10-21/h14,21H,4-10H2,1-3H3/t14-,17+/m1/s1. The van der Waals surface area contributed by atoms with Gasteiger partial charge in [-0.1, -0.05) is 5.16 Å². The Morgan fingerprint density at radius 1 is 1.33 bits per heavy atom. The highest BCUT2D eigenvalue weighted by molar-refractivity contribution is 5.79. The van der Waals surface area contributed by atoms with Crippen molar-refractivity contribution in [2.75, 3.05) is 32.8 Å². The van der Waals surface area contributed by atoms with Crippen LogP contribution in [0.5, 0.6) is 0 Å². The van der Waals surface area contributed by atoms with Crippen LogP contribution in [0.1, 0.15) is 30.4 Å². The maximum Gasteiger partial charge on any atom is 0.227 e. The molecule has 0 unspecified atom stereocenters. The molecule has 0 saturated carbocycles. The Balaban J connectivity index is 1.73. The van der Waals surface area contributed by atoms with Crippen LogP contribution < -0.4 is 0 Å². The molecule has 2 amide bonds. The van der Waals surface area contributed by atoms with Crippen LogP contribution in [0.2, 0.25) is 0 Å². The number of carbonyl (C=O) groups excluding carboxylic acids is 2. The van der Waals surface area contributed by atoms with Crippen molar-refractivity contribution in [3.05, 3.63) is 17.0 Å². The zero-order chi connectivity index (χ0) is 17.5. The Bertz CT molecular complexity index is 637. The summed E-state index contributed by atoms with van der Waals surface area (Å²) in [6, 6.07) is 0. The summed E-state index contributed by atoms with van der Waals surface area (Å²) in [6.07, 6.45) is 1.08. The van der Waals surface area contributed by atoms with Gasteiger partial charge in [0.15, 0.2) is 0 Å². The van der Waals surface area contributed by atoms with Gasteiger partial charge in [-0.2, -0.15) is 0 Å². The van der Waals surface area contributed by atoms with E-state index >= 15 is 0 Å². The lowest BCUT2D eigenvalue weighted by molar-refractivity contribution is -0.135. The summed E-state index contributed by atoms with van der Waals surface area (Å²) in [5.74, 6) is 0.994. The van der Waals surface area contributed by atoms with E-state index in [1.165, 1.54) is 0 Å². The van der Waals surface area contributed by atoms with E-state index in [0.717, 1.165) is 17.7 Å². The SMILES string of the molecule is CC(=O)N1C[C@H]2CCN(C(=O)Cc3c(C)noc3C)C[C@@]2(CO)C1. The van der Waals surface area contributed by atoms with Crippen LogP contribution in [-0.2, 0) is 16.0 Å². The van der Waals surface area contributed by atoms with Gasteiger partial charge in [0.2, 0.25) is 11.8 Å². The summed E-state index contributed by atoms with van der Waals surface area (Å²) < 4.78 is 5.13. The first kappa shape index (κ1) is 17.0. The Morgan fingerprint density at radius 2 is 2.04 bits per heavy atom. The first-order chi connectivity index (χ1) is 11.4. The van der Waals surface area contributed by atoms with Crippen molar-refractivity contribution < 1.29 is 19.2 Å². The number of aryl methyl sites for hydroxylation is 2. The van der Waals surface area contributed by atoms with Gasteiger partial charge >= 0.3 is 0 Å². The third-order valence-corrected chi connectivity index (χ3v) is 5.69. The Kier molecular flexibility index (Phi) is 4.38. The smallest absolute Gasteiger partial charge is 0.227 e. The van der Waals surface area contributed by atoms with Gasteiger partial charge in [-0.05, 0) is 26.2 Å². The number of fused-ring (bicyclic) bond motifs is 1. The predicted octanol–water partition coefficient (Wildman–Crippen LogP) is 0.523. The third kappa shape index (κ3) is 2.81. The van der Waals surface area contributed by atoms with Crippen LogP contribution in [0.3, 0.4) is 0 Å². The Hall–Kier alpha value is -1.89. The van der Waals surface area contributed by atoms with Gasteiger partial charge in [-0.15, -0.1) is 0 Å². The zero-order valence-corrected chi connectivity index (χ0v) is 14.5. The number of hydrogen-bond acceptors (Lipinski definition) is 5. The second kappa shape index (κ2) is 6.20. The minimum absolute atomic E-state index is 0.00342. The zero-order valence-electron chi connectivity index (χ0n) is 14.5. The Labute approximate surface area is 141 Å². The van der Waals surface area contributed by atoms with Crippen LogP contribution in [0, 0.1) is 25.2 Å². The van der Waals surface area contributed by atoms with E-state index in [1.54, 1.807) is 11.8 Å². The summed E-state index contributed by atoms with van der Waals surface area (Å²) in [6.45, 7) is 7.58. The molecule has 2 atom stereocenters. The number of rotatable bonds is 3. The molecule has 3 rings (SSSR count). The van der Waals surface area contributed by atoms with Gasteiger partial charge < -0.3 is 19.4 Å². The number of aromatic nitrogens is 1. The van der Waals surface area contributed by atoms with E-state index in [9.17, 15) is 14.7 Å². The van der Waals surface area contributed by atoms with Crippen LogP contribution in [0.4, 0.5) is 0 Å². The van der Waals surface area contributed by atoms with Crippen molar-refractivity contribution in [3.8, 4) is 0 Å². The Morgan fingerprint density at radius 3 is 2.62 bits per heavy atom. The average Bonchev–Trinajstić information content (AvgIpc) is 3.09. The molecule has 0 spiro atoms. The number of aliphatic hydroxyl groups excluding tert-OH is 1. The number of hydrogen-bond donors (Lipinski definition) is 1. The number of amides is 2. The molecular formula is C17H25N3O4. The minimum atomic E-state index is -0.391. The van der Waals surface area contributed by atoms with Gasteiger partial charge in [-0.25, -0.2) is 0 Å². The molecule has 0 aliphatic carbocycles. The largest absolute Gasteiger partial charge is 0.396 e. The van der Waals surface area contributed by atoms with Crippen molar-refractivity contribution in [3.63, 3.8) is 0 Å². The van der Waals surface area contributed by atoms with E-state index in [0.29, 0.717) is 31.9 Å². The van der Waals surface area contributed by atoms with Crippen molar-refractivity contribution in [1.29, 1.82) is 0 Å². The molecule has 3 heterocycles. The van der Waals surface area contributed by atoms with Gasteiger partial charge in [0.1, 0.15) is 5.76 Å². The molecule has 0 bridgehead atoms. The van der Waals surface area contributed by atoms with Crippen molar-refractivity contribution >= 4 is 11.8 Å². The van der Waals surface area contributed by atoms with Crippen LogP contribution >= 0.6 is 0 Å². The first-order valence-corrected chi connectivity index (χ1v) is 8.42. The van der Waals surface area contributed by atoms with E-state index in [-0.39, 0.29) is 30.8 Å². The normalized spacial score (nSPS) is 26.6. The molecule has 7 heteroatoms. The molecule has 0 radical (unpaired) electrons. The monoisotopic (exact) mass is 335 g/mol. The van der Waals surface area contributed by atoms with Gasteiger partial charge in [0, 0.05) is 44.1 Å². The van der Waals surface area contributed by atoms with Crippen molar-refractivity contribution in [2.24, 2.45) is 11.3 Å². The molecule has 7 nitrogen and oxygen atoms in total. The summed E-state index contributed by atoms with van der Waals surface area (Å²) in [5, 5.41) is 13.9. The fourth-order valence-corrected chi connectivity index (χ4v) is 4.08. The van der Waals surface area contributed by atoms with E-state index < -0.39 is 5.41 Å². The van der Waals surface area contributed by atoms with E-state index in [1.807, 2.05) is 18.7 Å². The molecule has 2 aliphatic heterocycles. The molecule has 0 aromatic carbocycles. The second-order valence-corrected chi connectivity index (χ2v) is 7.20. The van der Waals surface area contributed by atoms with E-state index in [4.69, 9.17) is 4.52 Å². The average molecular weight is 335 g/mol. The topological polar surface area (TPSA) is 86.9 Å². The van der Waals surface area contributed by atoms with Gasteiger partial charge in [0.05, 0.1) is 18.7 Å². The maximum absolute atomic E-state index is 12.7. The summed E-state index contributed by atoms with van der Waals surface area (Å²) in [5.41, 5.74) is 1.20. The highest BCUT2D eigenvalue weighted by atomic mass is 16.5. The fraction of sp³-hybridized carbons (Fsp3) is 0.706. The molecule has 1 aromatic rings. The van der Waals surface area contributed by atoms with Crippen molar-refractivity contribution in [2.45, 2.75) is 33.6 Å². The predicted molar refractivity (Wildman–Crippen MR) is 86.1 cm³/mol. The number of piperidine rings is 1. The molecule has 2 saturated heterocycles. The highest BCUT2D eigenvalue weighted by Crippen LogP contribution is 2.42. The molecule has 2 aliphatic rings. The van der Waals surface area contributed by atoms with Gasteiger partial charge in [0.25, 0.3) is 0 Å². The molecule has 1 N–H and O–H groups in total. The van der Waals surface area contributed by atoms with E-state index in [2.05, 4.69) is 5.16 Å². The van der Waals surface area contributed by atoms with Crippen LogP contribution in [0.25, 0.3) is 0 Å². The quantitative estimate of drug-likeness (QED) is 0.870. The second-order valence-electron chi connectivity index (χ2n) is 7.20. The van der Waals surface area contributed by atoms with Gasteiger partial charge in [-0.3, -0.25) is 9.59 Å². The number of aliphatic hydroxyl groups is 1. The van der Waals surface area contributed by atoms with Crippen LogP contribution in [-0.4, -0.2) is 64.7 Å². The van der Waals surface area contributed by atoms with Crippen molar-refractivity contribution in [1.82, 2.24) is 15.0 Å². The third-order valence-electron chi connectivity index (χ3n) is 5.69. The molecule has 132 valence electrons. The highest BCUT2D eigenvalue weighted by Gasteiger charge is 2.50. The minimum Gasteiger partial charge on any atom is -0.396 e. The lowest BCUT2D eigenvalue weighted by Crippen LogP contribution is -2.53. The van der Waals surface area contributed by atoms with Crippen LogP contribution in [0.15, 0.2) is 4.52 Å². The molecule has 2 fully saturated rings. The number of likely N-dealkylation sites (tertiary alicyclic amines) is 2. The number of nitrogens with zero attached hydrogens (tertiary/aromatic N) is 3. The fourth-order valence-electron chi connectivity index (χ4n) is 4.08. The first-order valence-electron chi connectivity index (χ1n) is 8.42. The number of carbonyl (C=O) groups is 2. The summed E-state index contributed by atoms with van der Waals surface area (Å²) >= 11 is 0.